The van der Waals surface area contributed by atoms with Gasteiger partial charge >= 0.3 is 5.97 Å². The molecule has 0 aromatic heterocycles. The van der Waals surface area contributed by atoms with Crippen LogP contribution < -0.4 is 0 Å². The first-order valence-electron chi connectivity index (χ1n) is 7.93. The molecule has 0 amide bonds. The van der Waals surface area contributed by atoms with Gasteiger partial charge in [0.05, 0.1) is 11.9 Å². The highest BCUT2D eigenvalue weighted by atomic mass is 35.5. The summed E-state index contributed by atoms with van der Waals surface area (Å²) in [5.74, 6) is -1.06. The van der Waals surface area contributed by atoms with Crippen molar-refractivity contribution in [1.82, 2.24) is 0 Å². The minimum atomic E-state index is -3.52. The van der Waals surface area contributed by atoms with Crippen molar-refractivity contribution in [1.29, 1.82) is 0 Å². The molecule has 2 atom stereocenters. The predicted molar refractivity (Wildman–Crippen MR) is 87.9 cm³/mol. The predicted octanol–water partition coefficient (Wildman–Crippen LogP) is 3.50. The fraction of sp³-hybridized carbons (Fsp3) is 0.933. The summed E-state index contributed by atoms with van der Waals surface area (Å²) in [6, 6.07) is 0. The van der Waals surface area contributed by atoms with Crippen LogP contribution in [0.2, 0.25) is 0 Å². The molecule has 128 valence electrons. The van der Waals surface area contributed by atoms with Crippen molar-refractivity contribution in [3.63, 3.8) is 0 Å². The zero-order valence-electron chi connectivity index (χ0n) is 13.1. The normalized spacial score (nSPS) is 26.7. The second-order valence-corrected chi connectivity index (χ2v) is 10.7. The first-order valence-corrected chi connectivity index (χ1v) is 10.3. The number of carbonyl (C=O) groups is 1. The van der Waals surface area contributed by atoms with Crippen molar-refractivity contribution in [3.8, 4) is 0 Å². The van der Waals surface area contributed by atoms with E-state index in [0.717, 1.165) is 19.3 Å². The summed E-state index contributed by atoms with van der Waals surface area (Å²) in [6.45, 7) is 3.59. The highest BCUT2D eigenvalue weighted by Gasteiger charge is 2.53. The second-order valence-electron chi connectivity index (χ2n) is 6.81. The number of hydrogen-bond acceptors (Lipinski definition) is 4. The maximum Gasteiger partial charge on any atom is 0.324 e. The third kappa shape index (κ3) is 4.09. The first kappa shape index (κ1) is 18.3. The summed E-state index contributed by atoms with van der Waals surface area (Å²) in [4.78, 5) is 12.3. The molecule has 0 aromatic carbocycles. The summed E-state index contributed by atoms with van der Waals surface area (Å²) >= 11 is 11.8. The molecule has 0 saturated heterocycles. The van der Waals surface area contributed by atoms with E-state index in [4.69, 9.17) is 27.9 Å². The second kappa shape index (κ2) is 6.86. The van der Waals surface area contributed by atoms with Crippen molar-refractivity contribution >= 4 is 39.0 Å². The Kier molecular flexibility index (Phi) is 5.72. The Bertz CT molecular complexity index is 510. The van der Waals surface area contributed by atoms with Crippen LogP contribution in [0.15, 0.2) is 0 Å². The van der Waals surface area contributed by atoms with Crippen molar-refractivity contribution in [2.24, 2.45) is 11.8 Å². The molecule has 0 aliphatic heterocycles. The largest absolute Gasteiger partial charge is 0.464 e. The summed E-state index contributed by atoms with van der Waals surface area (Å²) in [5, 5.41) is -1.50. The van der Waals surface area contributed by atoms with E-state index in [9.17, 15) is 13.2 Å². The first-order chi connectivity index (χ1) is 10.2. The standard InChI is InChI=1S/C15H24Cl2O4S/c1-10(2)13(14(18)21-9-11-8-15(11,16)17)22(19,20)12-6-4-3-5-7-12/h10-13H,3-9H2,1-2H3/t11-,13-/m1/s1. The summed E-state index contributed by atoms with van der Waals surface area (Å²) in [6.07, 6.45) is 4.75. The molecular weight excluding hydrogens is 347 g/mol. The van der Waals surface area contributed by atoms with Gasteiger partial charge in [-0.1, -0.05) is 33.1 Å². The smallest absolute Gasteiger partial charge is 0.324 e. The van der Waals surface area contributed by atoms with Gasteiger partial charge in [-0.15, -0.1) is 23.2 Å². The zero-order valence-corrected chi connectivity index (χ0v) is 15.4. The average molecular weight is 371 g/mol. The zero-order chi connectivity index (χ0) is 16.5. The van der Waals surface area contributed by atoms with E-state index < -0.39 is 30.6 Å². The number of ether oxygens (including phenoxy) is 1. The van der Waals surface area contributed by atoms with Crippen LogP contribution in [0.25, 0.3) is 0 Å². The maximum absolute atomic E-state index is 12.8. The van der Waals surface area contributed by atoms with Gasteiger partial charge in [0, 0.05) is 5.92 Å². The monoisotopic (exact) mass is 370 g/mol. The SMILES string of the molecule is CC(C)[C@H](C(=O)OC[C@H]1CC1(Cl)Cl)S(=O)(=O)C1CCCCC1. The number of alkyl halides is 2. The number of carbonyl (C=O) groups excluding carboxylic acids is 1. The molecule has 4 nitrogen and oxygen atoms in total. The molecule has 2 aliphatic rings. The number of esters is 1. The van der Waals surface area contributed by atoms with Crippen LogP contribution in [0.4, 0.5) is 0 Å². The maximum atomic E-state index is 12.8. The Labute approximate surface area is 142 Å². The Hall–Kier alpha value is -0.000000000000000111. The van der Waals surface area contributed by atoms with Crippen molar-refractivity contribution in [2.45, 2.75) is 67.2 Å². The van der Waals surface area contributed by atoms with Gasteiger partial charge in [0.25, 0.3) is 0 Å². The third-order valence-electron chi connectivity index (χ3n) is 4.59. The molecule has 0 unspecified atom stereocenters. The van der Waals surface area contributed by atoms with Crippen LogP contribution in [0.1, 0.15) is 52.4 Å². The topological polar surface area (TPSA) is 60.4 Å². The molecule has 0 N–H and O–H groups in total. The van der Waals surface area contributed by atoms with Gasteiger partial charge in [0.2, 0.25) is 0 Å². The molecule has 0 bridgehead atoms. The molecule has 2 aliphatic carbocycles. The van der Waals surface area contributed by atoms with Gasteiger partial charge in [-0.2, -0.15) is 0 Å². The Balaban J connectivity index is 2.03. The molecule has 0 aromatic rings. The highest BCUT2D eigenvalue weighted by molar-refractivity contribution is 7.93. The van der Waals surface area contributed by atoms with Gasteiger partial charge < -0.3 is 4.74 Å². The van der Waals surface area contributed by atoms with E-state index in [-0.39, 0.29) is 18.4 Å². The van der Waals surface area contributed by atoms with Crippen LogP contribution >= 0.6 is 23.2 Å². The van der Waals surface area contributed by atoms with E-state index in [2.05, 4.69) is 0 Å². The van der Waals surface area contributed by atoms with E-state index >= 15 is 0 Å². The van der Waals surface area contributed by atoms with E-state index in [1.807, 2.05) is 0 Å². The van der Waals surface area contributed by atoms with Gasteiger partial charge in [0.15, 0.2) is 15.1 Å². The van der Waals surface area contributed by atoms with Gasteiger partial charge in [0.1, 0.15) is 4.33 Å². The number of halogens is 2. The molecule has 0 heterocycles. The van der Waals surface area contributed by atoms with Crippen molar-refractivity contribution < 1.29 is 17.9 Å². The fourth-order valence-corrected chi connectivity index (χ4v) is 6.10. The van der Waals surface area contributed by atoms with Crippen LogP contribution in [0.3, 0.4) is 0 Å². The quantitative estimate of drug-likeness (QED) is 0.530. The number of rotatable bonds is 6. The lowest BCUT2D eigenvalue weighted by atomic mass is 10.0. The Morgan fingerprint density at radius 2 is 1.77 bits per heavy atom. The molecule has 0 radical (unpaired) electrons. The van der Waals surface area contributed by atoms with Crippen LogP contribution in [-0.4, -0.2) is 35.8 Å². The molecule has 2 fully saturated rings. The van der Waals surface area contributed by atoms with Crippen molar-refractivity contribution in [2.75, 3.05) is 6.61 Å². The van der Waals surface area contributed by atoms with E-state index in [1.165, 1.54) is 0 Å². The highest BCUT2D eigenvalue weighted by Crippen LogP contribution is 2.53. The van der Waals surface area contributed by atoms with Crippen molar-refractivity contribution in [3.05, 3.63) is 0 Å². The number of hydrogen-bond donors (Lipinski definition) is 0. The lowest BCUT2D eigenvalue weighted by Crippen LogP contribution is -2.43. The lowest BCUT2D eigenvalue weighted by molar-refractivity contribution is -0.144. The van der Waals surface area contributed by atoms with Gasteiger partial charge in [-0.3, -0.25) is 4.79 Å². The van der Waals surface area contributed by atoms with E-state index in [0.29, 0.717) is 19.3 Å². The van der Waals surface area contributed by atoms with Crippen LogP contribution in [-0.2, 0) is 19.4 Å². The molecular formula is C15H24Cl2O4S. The van der Waals surface area contributed by atoms with Gasteiger partial charge in [-0.05, 0) is 25.2 Å². The molecule has 0 spiro atoms. The summed E-state index contributed by atoms with van der Waals surface area (Å²) in [5.41, 5.74) is 0. The average Bonchev–Trinajstić information content (AvgIpc) is 3.04. The third-order valence-corrected chi connectivity index (χ3v) is 8.36. The fourth-order valence-electron chi connectivity index (χ4n) is 3.10. The summed E-state index contributed by atoms with van der Waals surface area (Å²) in [7, 11) is -3.52. The Morgan fingerprint density at radius 1 is 1.23 bits per heavy atom. The Morgan fingerprint density at radius 3 is 2.23 bits per heavy atom. The minimum absolute atomic E-state index is 0.0925. The van der Waals surface area contributed by atoms with Gasteiger partial charge in [-0.25, -0.2) is 8.42 Å². The molecule has 22 heavy (non-hydrogen) atoms. The number of sulfone groups is 1. The summed E-state index contributed by atoms with van der Waals surface area (Å²) < 4.78 is 30.0. The lowest BCUT2D eigenvalue weighted by Gasteiger charge is -2.28. The van der Waals surface area contributed by atoms with Crippen LogP contribution in [0.5, 0.6) is 0 Å². The molecule has 2 saturated carbocycles. The van der Waals surface area contributed by atoms with E-state index in [1.54, 1.807) is 13.8 Å². The molecule has 7 heteroatoms. The molecule has 2 rings (SSSR count). The van der Waals surface area contributed by atoms with Crippen LogP contribution in [0, 0.1) is 11.8 Å². The minimum Gasteiger partial charge on any atom is -0.464 e.